The van der Waals surface area contributed by atoms with E-state index in [1.807, 2.05) is 71.5 Å². The fourth-order valence-corrected chi connectivity index (χ4v) is 4.42. The van der Waals surface area contributed by atoms with E-state index >= 15 is 0 Å². The van der Waals surface area contributed by atoms with Gasteiger partial charge in [-0.25, -0.2) is 4.79 Å². The number of rotatable bonds is 8. The highest BCUT2D eigenvalue weighted by atomic mass is 16.5. The summed E-state index contributed by atoms with van der Waals surface area (Å²) in [5, 5.41) is 20.8. The molecule has 1 fully saturated rings. The monoisotopic (exact) mass is 471 g/mol. The van der Waals surface area contributed by atoms with E-state index in [4.69, 9.17) is 4.74 Å². The summed E-state index contributed by atoms with van der Waals surface area (Å²) in [5.74, 6) is 1.45. The molecule has 0 spiro atoms. The number of carbonyl (C=O) groups excluding carboxylic acids is 1. The second-order valence-corrected chi connectivity index (χ2v) is 8.70. The number of amides is 2. The highest BCUT2D eigenvalue weighted by Gasteiger charge is 2.23. The van der Waals surface area contributed by atoms with Crippen LogP contribution in [0.25, 0.3) is 10.9 Å². The topological polar surface area (TPSA) is 91.7 Å². The average molecular weight is 472 g/mol. The molecule has 8 heteroatoms. The van der Waals surface area contributed by atoms with Gasteiger partial charge in [0.25, 0.3) is 0 Å². The molecule has 1 aliphatic heterocycles. The van der Waals surface area contributed by atoms with Gasteiger partial charge < -0.3 is 20.5 Å². The van der Waals surface area contributed by atoms with Crippen molar-refractivity contribution in [2.24, 2.45) is 0 Å². The van der Waals surface area contributed by atoms with E-state index < -0.39 is 0 Å². The summed E-state index contributed by atoms with van der Waals surface area (Å²) < 4.78 is 7.71. The lowest BCUT2D eigenvalue weighted by Crippen LogP contribution is -2.34. The van der Waals surface area contributed by atoms with E-state index in [1.54, 1.807) is 12.1 Å². The zero-order valence-electron chi connectivity index (χ0n) is 19.4. The SMILES string of the molecule is O=C(Nc1ccc(Oc2ccccc2)cc1)Nc1ccc2nn(CCN3CCC[C@H]3CO)cc2c1. The molecule has 1 atom stereocenters. The zero-order valence-corrected chi connectivity index (χ0v) is 19.4. The molecule has 0 unspecified atom stereocenters. The molecule has 4 aromatic rings. The van der Waals surface area contributed by atoms with E-state index in [1.165, 1.54) is 0 Å². The third-order valence-corrected chi connectivity index (χ3v) is 6.23. The van der Waals surface area contributed by atoms with Crippen molar-refractivity contribution >= 4 is 28.3 Å². The van der Waals surface area contributed by atoms with Crippen LogP contribution in [-0.4, -0.2) is 51.6 Å². The molecule has 180 valence electrons. The fraction of sp³-hybridized carbons (Fsp3) is 0.259. The molecule has 5 rings (SSSR count). The Labute approximate surface area is 204 Å². The number of anilines is 2. The Morgan fingerprint density at radius 2 is 1.71 bits per heavy atom. The lowest BCUT2D eigenvalue weighted by molar-refractivity contribution is 0.154. The summed E-state index contributed by atoms with van der Waals surface area (Å²) in [7, 11) is 0. The minimum Gasteiger partial charge on any atom is -0.457 e. The van der Waals surface area contributed by atoms with Crippen molar-refractivity contribution in [2.75, 3.05) is 30.3 Å². The summed E-state index contributed by atoms with van der Waals surface area (Å²) >= 11 is 0. The first-order chi connectivity index (χ1) is 17.2. The van der Waals surface area contributed by atoms with Crippen molar-refractivity contribution in [3.05, 3.63) is 79.0 Å². The molecule has 0 bridgehead atoms. The summed E-state index contributed by atoms with van der Waals surface area (Å²) in [6.07, 6.45) is 4.18. The van der Waals surface area contributed by atoms with E-state index in [0.29, 0.717) is 17.1 Å². The van der Waals surface area contributed by atoms with Crippen LogP contribution in [0, 0.1) is 0 Å². The Hall–Kier alpha value is -3.88. The number of carbonyl (C=O) groups is 1. The molecular weight excluding hydrogens is 442 g/mol. The van der Waals surface area contributed by atoms with Crippen LogP contribution in [0.2, 0.25) is 0 Å². The first-order valence-corrected chi connectivity index (χ1v) is 11.9. The number of hydrogen-bond acceptors (Lipinski definition) is 5. The largest absolute Gasteiger partial charge is 0.457 e. The van der Waals surface area contributed by atoms with Crippen molar-refractivity contribution < 1.29 is 14.6 Å². The van der Waals surface area contributed by atoms with Crippen LogP contribution in [0.4, 0.5) is 16.2 Å². The van der Waals surface area contributed by atoms with Gasteiger partial charge in [-0.15, -0.1) is 0 Å². The van der Waals surface area contributed by atoms with E-state index in [-0.39, 0.29) is 18.7 Å². The van der Waals surface area contributed by atoms with Gasteiger partial charge in [0.15, 0.2) is 0 Å². The minimum atomic E-state index is -0.322. The number of ether oxygens (including phenoxy) is 1. The van der Waals surface area contributed by atoms with Gasteiger partial charge in [-0.2, -0.15) is 5.10 Å². The molecular formula is C27H29N5O3. The standard InChI is InChI=1S/C27H29N5O3/c33-19-23-5-4-14-31(23)15-16-32-18-20-17-22(10-13-26(20)30-32)29-27(34)28-21-8-11-25(12-9-21)35-24-6-2-1-3-7-24/h1-3,6-13,17-18,23,33H,4-5,14-16,19H2,(H2,28,29,34)/t23-/m0/s1. The molecule has 2 amide bonds. The van der Waals surface area contributed by atoms with Crippen molar-refractivity contribution in [3.63, 3.8) is 0 Å². The summed E-state index contributed by atoms with van der Waals surface area (Å²) in [6.45, 7) is 2.86. The highest BCUT2D eigenvalue weighted by molar-refractivity contribution is 6.00. The first kappa shape index (κ1) is 22.9. The number of para-hydroxylation sites is 1. The normalized spacial score (nSPS) is 15.9. The summed E-state index contributed by atoms with van der Waals surface area (Å²) in [4.78, 5) is 14.8. The number of aromatic nitrogens is 2. The third kappa shape index (κ3) is 5.79. The highest BCUT2D eigenvalue weighted by Crippen LogP contribution is 2.23. The van der Waals surface area contributed by atoms with Gasteiger partial charge in [-0.05, 0) is 74.0 Å². The summed E-state index contributed by atoms with van der Waals surface area (Å²) in [6, 6.07) is 22.4. The number of benzene rings is 3. The minimum absolute atomic E-state index is 0.212. The molecule has 3 aromatic carbocycles. The number of hydrogen-bond donors (Lipinski definition) is 3. The second kappa shape index (κ2) is 10.6. The lowest BCUT2D eigenvalue weighted by Gasteiger charge is -2.22. The van der Waals surface area contributed by atoms with Gasteiger partial charge in [0.2, 0.25) is 0 Å². The van der Waals surface area contributed by atoms with Crippen molar-refractivity contribution in [1.82, 2.24) is 14.7 Å². The number of aliphatic hydroxyl groups excluding tert-OH is 1. The van der Waals surface area contributed by atoms with Crippen molar-refractivity contribution in [2.45, 2.75) is 25.4 Å². The Morgan fingerprint density at radius 3 is 2.51 bits per heavy atom. The lowest BCUT2D eigenvalue weighted by atomic mass is 10.2. The van der Waals surface area contributed by atoms with Gasteiger partial charge in [0.05, 0.1) is 18.7 Å². The Bertz CT molecular complexity index is 1270. The molecule has 1 saturated heterocycles. The van der Waals surface area contributed by atoms with Crippen LogP contribution < -0.4 is 15.4 Å². The van der Waals surface area contributed by atoms with Crippen LogP contribution in [0.3, 0.4) is 0 Å². The number of nitrogens with one attached hydrogen (secondary N) is 2. The molecule has 35 heavy (non-hydrogen) atoms. The Kier molecular flexibility index (Phi) is 6.92. The van der Waals surface area contributed by atoms with Gasteiger partial charge in [0.1, 0.15) is 11.5 Å². The van der Waals surface area contributed by atoms with Crippen LogP contribution in [-0.2, 0) is 6.54 Å². The maximum atomic E-state index is 12.5. The van der Waals surface area contributed by atoms with Crippen LogP contribution in [0.15, 0.2) is 79.0 Å². The van der Waals surface area contributed by atoms with Crippen LogP contribution >= 0.6 is 0 Å². The number of fused-ring (bicyclic) bond motifs is 1. The van der Waals surface area contributed by atoms with Crippen LogP contribution in [0.5, 0.6) is 11.5 Å². The molecule has 8 nitrogen and oxygen atoms in total. The number of likely N-dealkylation sites (tertiary alicyclic amines) is 1. The van der Waals surface area contributed by atoms with Gasteiger partial charge in [0, 0.05) is 35.5 Å². The maximum absolute atomic E-state index is 12.5. The Morgan fingerprint density at radius 1 is 0.971 bits per heavy atom. The smallest absolute Gasteiger partial charge is 0.323 e. The molecule has 1 aromatic heterocycles. The number of aliphatic hydroxyl groups is 1. The molecule has 0 saturated carbocycles. The van der Waals surface area contributed by atoms with Crippen molar-refractivity contribution in [3.8, 4) is 11.5 Å². The number of urea groups is 1. The van der Waals surface area contributed by atoms with Gasteiger partial charge in [-0.1, -0.05) is 18.2 Å². The molecule has 1 aliphatic rings. The molecule has 3 N–H and O–H groups in total. The zero-order chi connectivity index (χ0) is 24.0. The van der Waals surface area contributed by atoms with Gasteiger partial charge >= 0.3 is 6.03 Å². The Balaban J connectivity index is 1.16. The predicted molar refractivity (Wildman–Crippen MR) is 137 cm³/mol. The van der Waals surface area contributed by atoms with E-state index in [0.717, 1.165) is 49.1 Å². The maximum Gasteiger partial charge on any atom is 0.323 e. The van der Waals surface area contributed by atoms with E-state index in [9.17, 15) is 9.90 Å². The van der Waals surface area contributed by atoms with Gasteiger partial charge in [-0.3, -0.25) is 9.58 Å². The second-order valence-electron chi connectivity index (χ2n) is 8.70. The average Bonchev–Trinajstić information content (AvgIpc) is 3.50. The fourth-order valence-electron chi connectivity index (χ4n) is 4.42. The molecule has 0 radical (unpaired) electrons. The third-order valence-electron chi connectivity index (χ3n) is 6.23. The predicted octanol–water partition coefficient (Wildman–Crippen LogP) is 4.93. The molecule has 2 heterocycles. The number of nitrogens with zero attached hydrogens (tertiary/aromatic N) is 3. The van der Waals surface area contributed by atoms with Crippen molar-refractivity contribution in [1.29, 1.82) is 0 Å². The summed E-state index contributed by atoms with van der Waals surface area (Å²) in [5.41, 5.74) is 2.24. The quantitative estimate of drug-likeness (QED) is 0.339. The van der Waals surface area contributed by atoms with Crippen LogP contribution in [0.1, 0.15) is 12.8 Å². The first-order valence-electron chi connectivity index (χ1n) is 11.9. The van der Waals surface area contributed by atoms with E-state index in [2.05, 4.69) is 20.6 Å². The molecule has 0 aliphatic carbocycles.